The van der Waals surface area contributed by atoms with Crippen molar-refractivity contribution < 1.29 is 18.3 Å². The van der Waals surface area contributed by atoms with Crippen LogP contribution in [0.2, 0.25) is 0 Å². The third kappa shape index (κ3) is 3.23. The molecule has 1 aliphatic heterocycles. The summed E-state index contributed by atoms with van der Waals surface area (Å²) in [6.45, 7) is 3.30. The van der Waals surface area contributed by atoms with E-state index in [1.807, 2.05) is 0 Å². The van der Waals surface area contributed by atoms with Gasteiger partial charge in [0.05, 0.1) is 6.54 Å². The van der Waals surface area contributed by atoms with E-state index in [1.54, 1.807) is 34.7 Å². The van der Waals surface area contributed by atoms with Crippen LogP contribution in [0.25, 0.3) is 0 Å². The Morgan fingerprint density at radius 3 is 2.88 bits per heavy atom. The van der Waals surface area contributed by atoms with Gasteiger partial charge in [-0.05, 0) is 31.5 Å². The van der Waals surface area contributed by atoms with E-state index in [2.05, 4.69) is 5.10 Å². The van der Waals surface area contributed by atoms with Crippen molar-refractivity contribution >= 4 is 5.91 Å². The van der Waals surface area contributed by atoms with Crippen LogP contribution in [-0.4, -0.2) is 39.3 Å². The van der Waals surface area contributed by atoms with Crippen molar-refractivity contribution in [2.24, 2.45) is 5.92 Å². The Kier molecular flexibility index (Phi) is 3.74. The van der Waals surface area contributed by atoms with Gasteiger partial charge in [-0.1, -0.05) is 6.07 Å². The van der Waals surface area contributed by atoms with Gasteiger partial charge in [-0.15, -0.1) is 0 Å². The predicted molar refractivity (Wildman–Crippen MR) is 86.5 cm³/mol. The molecule has 7 heteroatoms. The van der Waals surface area contributed by atoms with E-state index >= 15 is 0 Å². The smallest absolute Gasteiger partial charge is 0.272 e. The third-order valence-electron chi connectivity index (χ3n) is 4.88. The van der Waals surface area contributed by atoms with Crippen LogP contribution in [0.4, 0.5) is 8.78 Å². The summed E-state index contributed by atoms with van der Waals surface area (Å²) in [7, 11) is 0. The zero-order valence-corrected chi connectivity index (χ0v) is 13.9. The molecule has 1 aromatic carbocycles. The SMILES string of the molecule is CC1(F)C[C@H]1CN1CCn2nc(COc3cccc(F)c3)cc2C1=O. The summed E-state index contributed by atoms with van der Waals surface area (Å²) in [5, 5.41) is 4.37. The maximum atomic E-state index is 13.7. The van der Waals surface area contributed by atoms with Crippen molar-refractivity contribution in [1.82, 2.24) is 14.7 Å². The molecule has 0 radical (unpaired) electrons. The minimum Gasteiger partial charge on any atom is -0.487 e. The summed E-state index contributed by atoms with van der Waals surface area (Å²) in [5.74, 6) is -0.151. The fourth-order valence-corrected chi connectivity index (χ4v) is 3.19. The summed E-state index contributed by atoms with van der Waals surface area (Å²) >= 11 is 0. The summed E-state index contributed by atoms with van der Waals surface area (Å²) < 4.78 is 34.1. The van der Waals surface area contributed by atoms with Gasteiger partial charge in [0.25, 0.3) is 5.91 Å². The number of aromatic nitrogens is 2. The molecule has 4 rings (SSSR count). The molecule has 0 bridgehead atoms. The lowest BCUT2D eigenvalue weighted by Gasteiger charge is -2.27. The second-order valence-electron chi connectivity index (χ2n) is 6.92. The molecule has 2 atom stereocenters. The standard InChI is InChI=1S/C18H19F2N3O2/c1-18(20)9-12(18)10-22-5-6-23-16(17(22)24)8-14(21-23)11-25-15-4-2-3-13(19)7-15/h2-4,7-8,12H,5-6,9-11H2,1H3/t12-,18?/m0/s1. The van der Waals surface area contributed by atoms with Crippen LogP contribution in [0.3, 0.4) is 0 Å². The van der Waals surface area contributed by atoms with Crippen LogP contribution in [0, 0.1) is 11.7 Å². The predicted octanol–water partition coefficient (Wildman–Crippen LogP) is 2.81. The number of ether oxygens (including phenoxy) is 1. The quantitative estimate of drug-likeness (QED) is 0.836. The average molecular weight is 347 g/mol. The van der Waals surface area contributed by atoms with Crippen molar-refractivity contribution in [3.8, 4) is 5.75 Å². The number of alkyl halides is 1. The lowest BCUT2D eigenvalue weighted by atomic mass is 10.2. The van der Waals surface area contributed by atoms with E-state index in [0.29, 0.717) is 43.2 Å². The number of carbonyl (C=O) groups excluding carboxylic acids is 1. The number of halogens is 2. The van der Waals surface area contributed by atoms with Gasteiger partial charge in [0.1, 0.15) is 35.2 Å². The Bertz CT molecular complexity index is 818. The van der Waals surface area contributed by atoms with E-state index in [4.69, 9.17) is 4.74 Å². The van der Waals surface area contributed by atoms with Crippen LogP contribution < -0.4 is 4.74 Å². The minimum absolute atomic E-state index is 0.0679. The summed E-state index contributed by atoms with van der Waals surface area (Å²) in [4.78, 5) is 14.3. The van der Waals surface area contributed by atoms with Crippen LogP contribution in [0.1, 0.15) is 29.5 Å². The lowest BCUT2D eigenvalue weighted by Crippen LogP contribution is -2.42. The van der Waals surface area contributed by atoms with Gasteiger partial charge >= 0.3 is 0 Å². The highest BCUT2D eigenvalue weighted by molar-refractivity contribution is 5.93. The molecule has 2 aliphatic rings. The Morgan fingerprint density at radius 1 is 1.36 bits per heavy atom. The molecule has 5 nitrogen and oxygen atoms in total. The van der Waals surface area contributed by atoms with Gasteiger partial charge in [-0.3, -0.25) is 9.48 Å². The fourth-order valence-electron chi connectivity index (χ4n) is 3.19. The highest BCUT2D eigenvalue weighted by Gasteiger charge is 2.52. The summed E-state index contributed by atoms with van der Waals surface area (Å²) in [6, 6.07) is 7.57. The van der Waals surface area contributed by atoms with Crippen molar-refractivity contribution in [2.75, 3.05) is 13.1 Å². The van der Waals surface area contributed by atoms with Crippen molar-refractivity contribution in [3.05, 3.63) is 47.5 Å². The molecule has 132 valence electrons. The molecule has 0 N–H and O–H groups in total. The number of amides is 1. The molecule has 1 unspecified atom stereocenters. The Labute approximate surface area is 144 Å². The number of hydrogen-bond acceptors (Lipinski definition) is 3. The molecule has 25 heavy (non-hydrogen) atoms. The molecule has 0 spiro atoms. The number of fused-ring (bicyclic) bond motifs is 1. The second-order valence-corrected chi connectivity index (χ2v) is 6.92. The van der Waals surface area contributed by atoms with Crippen molar-refractivity contribution in [1.29, 1.82) is 0 Å². The molecule has 2 heterocycles. The zero-order chi connectivity index (χ0) is 17.6. The maximum Gasteiger partial charge on any atom is 0.272 e. The average Bonchev–Trinajstić information content (AvgIpc) is 2.98. The first-order valence-corrected chi connectivity index (χ1v) is 8.36. The molecule has 1 aromatic heterocycles. The zero-order valence-electron chi connectivity index (χ0n) is 13.9. The third-order valence-corrected chi connectivity index (χ3v) is 4.88. The highest BCUT2D eigenvalue weighted by atomic mass is 19.1. The van der Waals surface area contributed by atoms with Gasteiger partial charge in [0.15, 0.2) is 0 Å². The van der Waals surface area contributed by atoms with Gasteiger partial charge < -0.3 is 9.64 Å². The molecular weight excluding hydrogens is 328 g/mol. The second kappa shape index (κ2) is 5.82. The van der Waals surface area contributed by atoms with Crippen molar-refractivity contribution in [2.45, 2.75) is 32.2 Å². The first-order valence-electron chi connectivity index (χ1n) is 8.36. The number of nitrogens with zero attached hydrogens (tertiary/aromatic N) is 3. The summed E-state index contributed by atoms with van der Waals surface area (Å²) in [5.41, 5.74) is -0.0383. The number of hydrogen-bond donors (Lipinski definition) is 0. The van der Waals surface area contributed by atoms with Gasteiger partial charge in [-0.25, -0.2) is 8.78 Å². The normalized spacial score (nSPS) is 25.0. The van der Waals surface area contributed by atoms with E-state index in [-0.39, 0.29) is 24.2 Å². The molecule has 1 aliphatic carbocycles. The summed E-state index contributed by atoms with van der Waals surface area (Å²) in [6.07, 6.45) is 0.517. The van der Waals surface area contributed by atoms with Gasteiger partial charge in [-0.2, -0.15) is 5.10 Å². The molecular formula is C18H19F2N3O2. The number of carbonyl (C=O) groups is 1. The lowest BCUT2D eigenvalue weighted by molar-refractivity contribution is 0.0678. The molecule has 1 fully saturated rings. The van der Waals surface area contributed by atoms with E-state index in [9.17, 15) is 13.6 Å². The fraction of sp³-hybridized carbons (Fsp3) is 0.444. The van der Waals surface area contributed by atoms with Crippen LogP contribution >= 0.6 is 0 Å². The molecule has 1 saturated carbocycles. The Morgan fingerprint density at radius 2 is 2.16 bits per heavy atom. The first-order chi connectivity index (χ1) is 11.9. The monoisotopic (exact) mass is 347 g/mol. The number of benzene rings is 1. The van der Waals surface area contributed by atoms with Crippen LogP contribution in [0.5, 0.6) is 5.75 Å². The van der Waals surface area contributed by atoms with Gasteiger partial charge in [0, 0.05) is 25.1 Å². The first kappa shape index (κ1) is 16.1. The molecule has 0 saturated heterocycles. The Hall–Kier alpha value is -2.44. The maximum absolute atomic E-state index is 13.7. The van der Waals surface area contributed by atoms with Gasteiger partial charge in [0.2, 0.25) is 0 Å². The van der Waals surface area contributed by atoms with E-state index in [0.717, 1.165) is 0 Å². The topological polar surface area (TPSA) is 47.4 Å². The van der Waals surface area contributed by atoms with E-state index in [1.165, 1.54) is 12.1 Å². The minimum atomic E-state index is -1.14. The van der Waals surface area contributed by atoms with E-state index < -0.39 is 5.67 Å². The molecule has 1 amide bonds. The Balaban J connectivity index is 1.42. The number of rotatable bonds is 5. The largest absolute Gasteiger partial charge is 0.487 e. The molecule has 2 aromatic rings. The van der Waals surface area contributed by atoms with Crippen LogP contribution in [-0.2, 0) is 13.2 Å². The van der Waals surface area contributed by atoms with Crippen molar-refractivity contribution in [3.63, 3.8) is 0 Å². The highest BCUT2D eigenvalue weighted by Crippen LogP contribution is 2.47. The van der Waals surface area contributed by atoms with Crippen LogP contribution in [0.15, 0.2) is 30.3 Å².